The topological polar surface area (TPSA) is 40.5 Å². The Morgan fingerprint density at radius 1 is 0.632 bits per heavy atom. The number of hydrogen-bond acceptors (Lipinski definition) is 2. The molecule has 0 spiro atoms. The van der Waals surface area contributed by atoms with Gasteiger partial charge in [0.1, 0.15) is 11.5 Å². The Morgan fingerprint density at radius 3 is 1.05 bits per heavy atom. The van der Waals surface area contributed by atoms with Gasteiger partial charge in [-0.05, 0) is 37.1 Å². The number of halogens is 2. The van der Waals surface area contributed by atoms with Crippen LogP contribution in [0.4, 0.5) is 0 Å². The van der Waals surface area contributed by atoms with E-state index in [1.54, 1.807) is 12.1 Å². The van der Waals surface area contributed by atoms with Crippen LogP contribution in [0.3, 0.4) is 0 Å². The molecule has 19 heavy (non-hydrogen) atoms. The number of para-hydroxylation sites is 2. The molecule has 2 aromatic carbocycles. The summed E-state index contributed by atoms with van der Waals surface area (Å²) in [6.07, 6.45) is 0. The smallest absolute Gasteiger partial charge is 0.118 e. The van der Waals surface area contributed by atoms with Gasteiger partial charge in [-0.25, -0.2) is 0 Å². The van der Waals surface area contributed by atoms with E-state index in [0.29, 0.717) is 11.5 Å². The molecule has 0 bridgehead atoms. The maximum absolute atomic E-state index is 8.92. The van der Waals surface area contributed by atoms with E-state index in [0.717, 1.165) is 11.1 Å². The molecule has 104 valence electrons. The monoisotopic (exact) mass is 466 g/mol. The first-order valence-electron chi connectivity index (χ1n) is 5.10. The molecule has 0 heterocycles. The number of phenols is 2. The number of rotatable bonds is 0. The van der Waals surface area contributed by atoms with Crippen molar-refractivity contribution >= 4 is 34.0 Å². The third kappa shape index (κ3) is 9.42. The SMILES string of the molecule is Br.Br.Cc1ccccc1O.Cc1ccccc1O.[Zr]. The molecule has 0 radical (unpaired) electrons. The molecule has 0 saturated heterocycles. The Hall–Kier alpha value is -0.117. The molecular formula is C14H18Br2O2Zr. The van der Waals surface area contributed by atoms with Crippen LogP contribution in [0.5, 0.6) is 11.5 Å². The minimum absolute atomic E-state index is 0. The zero-order chi connectivity index (χ0) is 12.0. The third-order valence-electron chi connectivity index (χ3n) is 2.23. The van der Waals surface area contributed by atoms with Crippen molar-refractivity contribution in [2.24, 2.45) is 0 Å². The number of benzene rings is 2. The van der Waals surface area contributed by atoms with Gasteiger partial charge in [0.25, 0.3) is 0 Å². The minimum Gasteiger partial charge on any atom is -0.508 e. The van der Waals surface area contributed by atoms with Gasteiger partial charge in [0.05, 0.1) is 0 Å². The fourth-order valence-corrected chi connectivity index (χ4v) is 1.13. The van der Waals surface area contributed by atoms with Gasteiger partial charge in [-0.1, -0.05) is 36.4 Å². The molecule has 0 aromatic heterocycles. The molecular weight excluding hydrogens is 451 g/mol. The summed E-state index contributed by atoms with van der Waals surface area (Å²) in [4.78, 5) is 0. The van der Waals surface area contributed by atoms with Gasteiger partial charge in [-0.15, -0.1) is 34.0 Å². The van der Waals surface area contributed by atoms with Crippen LogP contribution in [0.1, 0.15) is 11.1 Å². The van der Waals surface area contributed by atoms with Gasteiger partial charge in [-0.3, -0.25) is 0 Å². The largest absolute Gasteiger partial charge is 0.508 e. The van der Waals surface area contributed by atoms with Crippen LogP contribution >= 0.6 is 34.0 Å². The predicted molar refractivity (Wildman–Crippen MR) is 86.3 cm³/mol. The number of aryl methyl sites for hydroxylation is 2. The Labute approximate surface area is 154 Å². The van der Waals surface area contributed by atoms with Crippen molar-refractivity contribution in [1.29, 1.82) is 0 Å². The van der Waals surface area contributed by atoms with Crippen LogP contribution < -0.4 is 0 Å². The van der Waals surface area contributed by atoms with Crippen molar-refractivity contribution in [2.75, 3.05) is 0 Å². The van der Waals surface area contributed by atoms with Gasteiger partial charge >= 0.3 is 0 Å². The first-order chi connectivity index (χ1) is 7.61. The zero-order valence-electron chi connectivity index (χ0n) is 10.8. The van der Waals surface area contributed by atoms with Gasteiger partial charge in [0.15, 0.2) is 0 Å². The molecule has 0 aliphatic carbocycles. The molecule has 2 N–H and O–H groups in total. The Morgan fingerprint density at radius 2 is 0.895 bits per heavy atom. The van der Waals surface area contributed by atoms with Crippen molar-refractivity contribution in [1.82, 2.24) is 0 Å². The number of hydrogen-bond donors (Lipinski definition) is 2. The molecule has 2 rings (SSSR count). The second kappa shape index (κ2) is 12.9. The minimum atomic E-state index is 0. The first kappa shape index (κ1) is 23.9. The van der Waals surface area contributed by atoms with Crippen LogP contribution in [0, 0.1) is 13.8 Å². The first-order valence-corrected chi connectivity index (χ1v) is 5.10. The Kier molecular flexibility index (Phi) is 16.2. The van der Waals surface area contributed by atoms with Gasteiger partial charge < -0.3 is 10.2 Å². The van der Waals surface area contributed by atoms with Crippen molar-refractivity contribution in [2.45, 2.75) is 13.8 Å². The van der Waals surface area contributed by atoms with Crippen LogP contribution in [-0.2, 0) is 26.2 Å². The van der Waals surface area contributed by atoms with Crippen molar-refractivity contribution < 1.29 is 36.4 Å². The van der Waals surface area contributed by atoms with E-state index < -0.39 is 0 Å². The maximum Gasteiger partial charge on any atom is 0.118 e. The molecule has 0 amide bonds. The van der Waals surface area contributed by atoms with Crippen molar-refractivity contribution in [3.63, 3.8) is 0 Å². The normalized spacial score (nSPS) is 7.68. The molecule has 5 heteroatoms. The number of aromatic hydroxyl groups is 2. The second-order valence-electron chi connectivity index (χ2n) is 3.57. The van der Waals surface area contributed by atoms with Gasteiger partial charge in [0, 0.05) is 26.2 Å². The summed E-state index contributed by atoms with van der Waals surface area (Å²) in [5, 5.41) is 17.8. The van der Waals surface area contributed by atoms with E-state index in [4.69, 9.17) is 10.2 Å². The fraction of sp³-hybridized carbons (Fsp3) is 0.143. The van der Waals surface area contributed by atoms with Crippen molar-refractivity contribution in [3.05, 3.63) is 59.7 Å². The van der Waals surface area contributed by atoms with Crippen LogP contribution in [0.25, 0.3) is 0 Å². The summed E-state index contributed by atoms with van der Waals surface area (Å²) in [7, 11) is 0. The predicted octanol–water partition coefficient (Wildman–Crippen LogP) is 4.55. The molecule has 2 nitrogen and oxygen atoms in total. The van der Waals surface area contributed by atoms with E-state index in [1.807, 2.05) is 50.2 Å². The molecule has 0 aliphatic rings. The fourth-order valence-electron chi connectivity index (χ4n) is 1.13. The van der Waals surface area contributed by atoms with Crippen LogP contribution in [0.15, 0.2) is 48.5 Å². The van der Waals surface area contributed by atoms with E-state index in [-0.39, 0.29) is 60.2 Å². The standard InChI is InChI=1S/2C7H8O.2BrH.Zr/c2*1-6-4-2-3-5-7(6)8;;;/h2*2-5,8H,1H3;2*1H;. The Balaban J connectivity index is -0.000000233. The van der Waals surface area contributed by atoms with Crippen LogP contribution in [-0.4, -0.2) is 10.2 Å². The Bertz CT molecular complexity index is 379. The molecule has 0 fully saturated rings. The summed E-state index contributed by atoms with van der Waals surface area (Å²) in [5.41, 5.74) is 1.85. The van der Waals surface area contributed by atoms with Gasteiger partial charge in [-0.2, -0.15) is 0 Å². The second-order valence-corrected chi connectivity index (χ2v) is 3.57. The molecule has 2 aromatic rings. The van der Waals surface area contributed by atoms with E-state index in [1.165, 1.54) is 0 Å². The summed E-state index contributed by atoms with van der Waals surface area (Å²) in [5.74, 6) is 0.736. The molecule has 0 atom stereocenters. The van der Waals surface area contributed by atoms with E-state index in [9.17, 15) is 0 Å². The molecule has 0 aliphatic heterocycles. The summed E-state index contributed by atoms with van der Waals surface area (Å²) in [6.45, 7) is 3.74. The van der Waals surface area contributed by atoms with E-state index >= 15 is 0 Å². The quantitative estimate of drug-likeness (QED) is 0.595. The van der Waals surface area contributed by atoms with Gasteiger partial charge in [0.2, 0.25) is 0 Å². The summed E-state index contributed by atoms with van der Waals surface area (Å²) < 4.78 is 0. The molecule has 0 saturated carbocycles. The number of phenolic OH excluding ortho intramolecular Hbond substituents is 2. The molecule has 0 unspecified atom stereocenters. The van der Waals surface area contributed by atoms with E-state index in [2.05, 4.69) is 0 Å². The maximum atomic E-state index is 8.92. The summed E-state index contributed by atoms with van der Waals surface area (Å²) in [6, 6.07) is 14.5. The average molecular weight is 469 g/mol. The van der Waals surface area contributed by atoms with Crippen LogP contribution in [0.2, 0.25) is 0 Å². The zero-order valence-corrected chi connectivity index (χ0v) is 16.7. The van der Waals surface area contributed by atoms with Crippen molar-refractivity contribution in [3.8, 4) is 11.5 Å². The third-order valence-corrected chi connectivity index (χ3v) is 2.23. The average Bonchev–Trinajstić information content (AvgIpc) is 2.28. The summed E-state index contributed by atoms with van der Waals surface area (Å²) >= 11 is 0.